The van der Waals surface area contributed by atoms with Crippen LogP contribution in [0, 0.1) is 0 Å². The summed E-state index contributed by atoms with van der Waals surface area (Å²) >= 11 is 5.92. The van der Waals surface area contributed by atoms with E-state index in [1.165, 1.54) is 0 Å². The van der Waals surface area contributed by atoms with E-state index in [2.05, 4.69) is 10.6 Å². The van der Waals surface area contributed by atoms with E-state index in [9.17, 15) is 9.59 Å². The summed E-state index contributed by atoms with van der Waals surface area (Å²) in [4.78, 5) is 24.4. The number of hydrogen-bond donors (Lipinski definition) is 2. The van der Waals surface area contributed by atoms with Crippen molar-refractivity contribution in [2.24, 2.45) is 0 Å². The highest BCUT2D eigenvalue weighted by Gasteiger charge is 2.15. The number of amides is 2. The first-order valence-corrected chi connectivity index (χ1v) is 9.08. The molecule has 0 saturated carbocycles. The Balaban J connectivity index is 1.56. The maximum atomic E-state index is 12.3. The van der Waals surface area contributed by atoms with E-state index in [1.54, 1.807) is 67.6 Å². The number of halogens is 1. The van der Waals surface area contributed by atoms with Crippen LogP contribution in [-0.4, -0.2) is 17.9 Å². The van der Waals surface area contributed by atoms with Gasteiger partial charge in [0, 0.05) is 22.0 Å². The third-order valence-electron chi connectivity index (χ3n) is 3.92. The highest BCUT2D eigenvalue weighted by Crippen LogP contribution is 2.19. The van der Waals surface area contributed by atoms with Crippen molar-refractivity contribution < 1.29 is 14.3 Å². The van der Waals surface area contributed by atoms with Crippen molar-refractivity contribution >= 4 is 34.8 Å². The summed E-state index contributed by atoms with van der Waals surface area (Å²) in [5, 5.41) is 6.11. The van der Waals surface area contributed by atoms with E-state index in [-0.39, 0.29) is 11.8 Å². The van der Waals surface area contributed by atoms with Gasteiger partial charge in [0.2, 0.25) is 0 Å². The molecule has 2 amide bonds. The molecule has 0 aliphatic carbocycles. The molecule has 3 rings (SSSR count). The fourth-order valence-electron chi connectivity index (χ4n) is 2.48. The van der Waals surface area contributed by atoms with Crippen molar-refractivity contribution in [3.8, 4) is 5.75 Å². The van der Waals surface area contributed by atoms with Crippen LogP contribution in [0.25, 0.3) is 0 Å². The van der Waals surface area contributed by atoms with Crippen LogP contribution in [0.15, 0.2) is 78.9 Å². The van der Waals surface area contributed by atoms with Gasteiger partial charge < -0.3 is 15.4 Å². The molecular weight excluding hydrogens is 376 g/mol. The Bertz CT molecular complexity index is 959. The zero-order valence-electron chi connectivity index (χ0n) is 15.2. The van der Waals surface area contributed by atoms with Gasteiger partial charge in [-0.2, -0.15) is 0 Å². The molecule has 3 aromatic carbocycles. The minimum absolute atomic E-state index is 0.191. The second-order valence-corrected chi connectivity index (χ2v) is 6.54. The van der Waals surface area contributed by atoms with Crippen LogP contribution in [0.2, 0.25) is 5.02 Å². The van der Waals surface area contributed by atoms with Crippen LogP contribution in [-0.2, 0) is 4.79 Å². The molecule has 0 spiro atoms. The largest absolute Gasteiger partial charge is 0.481 e. The predicted molar refractivity (Wildman–Crippen MR) is 111 cm³/mol. The molecule has 0 aromatic heterocycles. The van der Waals surface area contributed by atoms with E-state index in [1.807, 2.05) is 18.2 Å². The van der Waals surface area contributed by atoms with Gasteiger partial charge >= 0.3 is 0 Å². The van der Waals surface area contributed by atoms with Crippen LogP contribution < -0.4 is 15.4 Å². The highest BCUT2D eigenvalue weighted by molar-refractivity contribution is 6.30. The van der Waals surface area contributed by atoms with Crippen molar-refractivity contribution in [2.75, 3.05) is 10.6 Å². The molecule has 3 aromatic rings. The van der Waals surface area contributed by atoms with Gasteiger partial charge in [0.25, 0.3) is 11.8 Å². The van der Waals surface area contributed by atoms with Crippen LogP contribution in [0.3, 0.4) is 0 Å². The highest BCUT2D eigenvalue weighted by atomic mass is 35.5. The van der Waals surface area contributed by atoms with Gasteiger partial charge in [-0.1, -0.05) is 35.9 Å². The topological polar surface area (TPSA) is 67.4 Å². The third-order valence-corrected chi connectivity index (χ3v) is 4.16. The predicted octanol–water partition coefficient (Wildman–Crippen LogP) is 5.00. The molecule has 0 aliphatic rings. The maximum absolute atomic E-state index is 12.3. The molecule has 1 atom stereocenters. The zero-order chi connectivity index (χ0) is 19.9. The summed E-state index contributed by atoms with van der Waals surface area (Å²) < 4.78 is 5.67. The standard InChI is InChI=1S/C22H19ClN2O3/c1-15(21(26)25-19-9-5-8-17(23)14-19)28-20-12-10-18(11-13-20)24-22(27)16-6-3-2-4-7-16/h2-15H,1H3,(H,24,27)(H,25,26)/t15-/m1/s1. The normalized spacial score (nSPS) is 11.4. The molecule has 6 heteroatoms. The minimum Gasteiger partial charge on any atom is -0.481 e. The lowest BCUT2D eigenvalue weighted by atomic mass is 10.2. The molecule has 0 saturated heterocycles. The Kier molecular flexibility index (Phi) is 6.29. The fourth-order valence-corrected chi connectivity index (χ4v) is 2.67. The zero-order valence-corrected chi connectivity index (χ0v) is 15.9. The van der Waals surface area contributed by atoms with E-state index in [0.29, 0.717) is 27.7 Å². The van der Waals surface area contributed by atoms with Gasteiger partial charge in [-0.05, 0) is 61.5 Å². The molecular formula is C22H19ClN2O3. The Morgan fingerprint density at radius 2 is 1.57 bits per heavy atom. The average molecular weight is 395 g/mol. The molecule has 28 heavy (non-hydrogen) atoms. The van der Waals surface area contributed by atoms with Crippen LogP contribution >= 0.6 is 11.6 Å². The lowest BCUT2D eigenvalue weighted by Crippen LogP contribution is -2.30. The van der Waals surface area contributed by atoms with Crippen LogP contribution in [0.4, 0.5) is 11.4 Å². The number of ether oxygens (including phenoxy) is 1. The summed E-state index contributed by atoms with van der Waals surface area (Å²) in [6.45, 7) is 1.66. The maximum Gasteiger partial charge on any atom is 0.265 e. The lowest BCUT2D eigenvalue weighted by Gasteiger charge is -2.15. The minimum atomic E-state index is -0.705. The number of nitrogens with one attached hydrogen (secondary N) is 2. The van der Waals surface area contributed by atoms with Gasteiger partial charge in [-0.25, -0.2) is 0 Å². The average Bonchev–Trinajstić information content (AvgIpc) is 2.70. The molecule has 0 heterocycles. The Hall–Kier alpha value is -3.31. The molecule has 0 fully saturated rings. The van der Waals surface area contributed by atoms with Crippen molar-refractivity contribution in [1.82, 2.24) is 0 Å². The summed E-state index contributed by atoms with van der Waals surface area (Å²) in [5.74, 6) is 0.0405. The van der Waals surface area contributed by atoms with Crippen molar-refractivity contribution in [3.05, 3.63) is 89.4 Å². The monoisotopic (exact) mass is 394 g/mol. The van der Waals surface area contributed by atoms with Crippen molar-refractivity contribution in [2.45, 2.75) is 13.0 Å². The fraction of sp³-hybridized carbons (Fsp3) is 0.0909. The van der Waals surface area contributed by atoms with Crippen LogP contribution in [0.5, 0.6) is 5.75 Å². The molecule has 142 valence electrons. The number of carbonyl (C=O) groups is 2. The summed E-state index contributed by atoms with van der Waals surface area (Å²) in [5.41, 5.74) is 1.82. The Labute approximate surface area is 168 Å². The Morgan fingerprint density at radius 3 is 2.25 bits per heavy atom. The number of rotatable bonds is 6. The second kappa shape index (κ2) is 9.06. The van der Waals surface area contributed by atoms with E-state index in [4.69, 9.17) is 16.3 Å². The van der Waals surface area contributed by atoms with Crippen LogP contribution in [0.1, 0.15) is 17.3 Å². The quantitative estimate of drug-likeness (QED) is 0.618. The van der Waals surface area contributed by atoms with Crippen molar-refractivity contribution in [1.29, 1.82) is 0 Å². The van der Waals surface area contributed by atoms with E-state index >= 15 is 0 Å². The molecule has 0 aliphatic heterocycles. The summed E-state index contributed by atoms with van der Waals surface area (Å²) in [6.07, 6.45) is -0.705. The van der Waals surface area contributed by atoms with E-state index < -0.39 is 6.10 Å². The van der Waals surface area contributed by atoms with Crippen molar-refractivity contribution in [3.63, 3.8) is 0 Å². The first-order valence-electron chi connectivity index (χ1n) is 8.71. The first-order chi connectivity index (χ1) is 13.5. The van der Waals surface area contributed by atoms with Gasteiger partial charge in [-0.15, -0.1) is 0 Å². The molecule has 5 nitrogen and oxygen atoms in total. The summed E-state index contributed by atoms with van der Waals surface area (Å²) in [6, 6.07) is 22.7. The van der Waals surface area contributed by atoms with Gasteiger partial charge in [0.1, 0.15) is 5.75 Å². The molecule has 2 N–H and O–H groups in total. The van der Waals surface area contributed by atoms with Gasteiger partial charge in [-0.3, -0.25) is 9.59 Å². The molecule has 0 radical (unpaired) electrons. The molecule has 0 unspecified atom stereocenters. The second-order valence-electron chi connectivity index (χ2n) is 6.10. The smallest absolute Gasteiger partial charge is 0.265 e. The first kappa shape index (κ1) is 19.5. The van der Waals surface area contributed by atoms with Gasteiger partial charge in [0.05, 0.1) is 0 Å². The third kappa shape index (κ3) is 5.34. The van der Waals surface area contributed by atoms with Gasteiger partial charge in [0.15, 0.2) is 6.10 Å². The Morgan fingerprint density at radius 1 is 0.857 bits per heavy atom. The number of anilines is 2. The number of carbonyl (C=O) groups excluding carboxylic acids is 2. The lowest BCUT2D eigenvalue weighted by molar-refractivity contribution is -0.122. The van der Waals surface area contributed by atoms with E-state index in [0.717, 1.165) is 0 Å². The SMILES string of the molecule is C[C@@H](Oc1ccc(NC(=O)c2ccccc2)cc1)C(=O)Nc1cccc(Cl)c1. The number of benzene rings is 3. The molecule has 0 bridgehead atoms. The summed E-state index contributed by atoms with van der Waals surface area (Å²) in [7, 11) is 0. The number of hydrogen-bond acceptors (Lipinski definition) is 3.